The van der Waals surface area contributed by atoms with Gasteiger partial charge in [0.05, 0.1) is 3.57 Å². The SMILES string of the molecule is CN1CCN(CCCNc2nc(-c3ccc(N4CCN(C)CC4)cc3)ncc2I)CC1. The van der Waals surface area contributed by atoms with Gasteiger partial charge in [-0.05, 0) is 73.9 Å². The number of piperazine rings is 2. The summed E-state index contributed by atoms with van der Waals surface area (Å²) in [5.41, 5.74) is 2.35. The zero-order valence-corrected chi connectivity index (χ0v) is 20.9. The molecule has 2 aromatic rings. The van der Waals surface area contributed by atoms with Gasteiger partial charge in [0.15, 0.2) is 5.82 Å². The summed E-state index contributed by atoms with van der Waals surface area (Å²) in [7, 11) is 4.39. The molecule has 1 aromatic carbocycles. The molecule has 8 heteroatoms. The third-order valence-corrected chi connectivity index (χ3v) is 7.07. The summed E-state index contributed by atoms with van der Waals surface area (Å²) in [5.74, 6) is 1.72. The van der Waals surface area contributed by atoms with Crippen LogP contribution >= 0.6 is 22.6 Å². The molecule has 1 aromatic heterocycles. The number of benzene rings is 1. The lowest BCUT2D eigenvalue weighted by Gasteiger charge is -2.34. The number of rotatable bonds is 7. The fraction of sp³-hybridized carbons (Fsp3) is 0.565. The Kier molecular flexibility index (Phi) is 7.97. The van der Waals surface area contributed by atoms with Crippen LogP contribution in [0.5, 0.6) is 0 Å². The molecule has 0 bridgehead atoms. The molecule has 2 aliphatic heterocycles. The monoisotopic (exact) mass is 535 g/mol. The van der Waals surface area contributed by atoms with Gasteiger partial charge in [0.25, 0.3) is 0 Å². The lowest BCUT2D eigenvalue weighted by molar-refractivity contribution is 0.154. The number of nitrogens with zero attached hydrogens (tertiary/aromatic N) is 6. The van der Waals surface area contributed by atoms with Crippen molar-refractivity contribution in [3.63, 3.8) is 0 Å². The van der Waals surface area contributed by atoms with Crippen molar-refractivity contribution in [1.29, 1.82) is 0 Å². The third-order valence-electron chi connectivity index (χ3n) is 6.28. The van der Waals surface area contributed by atoms with Crippen LogP contribution in [0.4, 0.5) is 11.5 Å². The zero-order valence-electron chi connectivity index (χ0n) is 18.7. The van der Waals surface area contributed by atoms with Crippen molar-refractivity contribution in [3.8, 4) is 11.4 Å². The van der Waals surface area contributed by atoms with Crippen LogP contribution in [-0.2, 0) is 0 Å². The maximum atomic E-state index is 4.82. The van der Waals surface area contributed by atoms with E-state index in [1.165, 1.54) is 31.9 Å². The van der Waals surface area contributed by atoms with E-state index in [-0.39, 0.29) is 0 Å². The number of hydrogen-bond acceptors (Lipinski definition) is 7. The highest BCUT2D eigenvalue weighted by molar-refractivity contribution is 14.1. The average molecular weight is 535 g/mol. The Hall–Kier alpha value is -1.49. The molecule has 0 saturated carbocycles. The van der Waals surface area contributed by atoms with Crippen molar-refractivity contribution in [3.05, 3.63) is 34.0 Å². The van der Waals surface area contributed by atoms with Crippen molar-refractivity contribution in [2.45, 2.75) is 6.42 Å². The molecule has 0 amide bonds. The normalized spacial score (nSPS) is 19.0. The lowest BCUT2D eigenvalue weighted by atomic mass is 10.1. The Morgan fingerprint density at radius 1 is 0.903 bits per heavy atom. The molecule has 7 nitrogen and oxygen atoms in total. The molecular formula is C23H34IN7. The topological polar surface area (TPSA) is 50.8 Å². The van der Waals surface area contributed by atoms with Gasteiger partial charge in [-0.25, -0.2) is 9.97 Å². The van der Waals surface area contributed by atoms with Crippen LogP contribution in [0.25, 0.3) is 11.4 Å². The number of halogens is 1. The van der Waals surface area contributed by atoms with Crippen molar-refractivity contribution in [1.82, 2.24) is 24.7 Å². The van der Waals surface area contributed by atoms with Crippen LogP contribution in [0.2, 0.25) is 0 Å². The highest BCUT2D eigenvalue weighted by Gasteiger charge is 2.15. The first-order chi connectivity index (χ1) is 15.1. The van der Waals surface area contributed by atoms with Crippen LogP contribution in [0.15, 0.2) is 30.5 Å². The molecule has 3 heterocycles. The first-order valence-corrected chi connectivity index (χ1v) is 12.4. The molecule has 0 spiro atoms. The van der Waals surface area contributed by atoms with E-state index in [4.69, 9.17) is 4.98 Å². The van der Waals surface area contributed by atoms with Gasteiger partial charge in [0.2, 0.25) is 0 Å². The van der Waals surface area contributed by atoms with Crippen LogP contribution < -0.4 is 10.2 Å². The van der Waals surface area contributed by atoms with Crippen LogP contribution in [0.3, 0.4) is 0 Å². The molecule has 0 atom stereocenters. The van der Waals surface area contributed by atoms with Gasteiger partial charge in [-0.15, -0.1) is 0 Å². The van der Waals surface area contributed by atoms with Crippen LogP contribution in [0.1, 0.15) is 6.42 Å². The summed E-state index contributed by atoms with van der Waals surface area (Å²) < 4.78 is 1.06. The van der Waals surface area contributed by atoms with Gasteiger partial charge in [-0.2, -0.15) is 0 Å². The lowest BCUT2D eigenvalue weighted by Crippen LogP contribution is -2.44. The largest absolute Gasteiger partial charge is 0.369 e. The van der Waals surface area contributed by atoms with Crippen molar-refractivity contribution < 1.29 is 0 Å². The van der Waals surface area contributed by atoms with E-state index in [0.29, 0.717) is 0 Å². The maximum absolute atomic E-state index is 4.82. The molecule has 31 heavy (non-hydrogen) atoms. The number of hydrogen-bond donors (Lipinski definition) is 1. The van der Waals surface area contributed by atoms with E-state index in [1.807, 2.05) is 6.20 Å². The molecular weight excluding hydrogens is 501 g/mol. The van der Waals surface area contributed by atoms with Gasteiger partial charge < -0.3 is 24.9 Å². The minimum atomic E-state index is 0.784. The summed E-state index contributed by atoms with van der Waals surface area (Å²) >= 11 is 2.32. The molecule has 0 radical (unpaired) electrons. The molecule has 0 unspecified atom stereocenters. The molecule has 0 aliphatic carbocycles. The second-order valence-corrected chi connectivity index (χ2v) is 9.81. The van der Waals surface area contributed by atoms with Gasteiger partial charge in [0, 0.05) is 76.4 Å². The maximum Gasteiger partial charge on any atom is 0.161 e. The van der Waals surface area contributed by atoms with Gasteiger partial charge in [0.1, 0.15) is 5.82 Å². The second kappa shape index (κ2) is 10.9. The highest BCUT2D eigenvalue weighted by atomic mass is 127. The quantitative estimate of drug-likeness (QED) is 0.432. The minimum Gasteiger partial charge on any atom is -0.369 e. The van der Waals surface area contributed by atoms with Gasteiger partial charge in [-0.3, -0.25) is 0 Å². The molecule has 168 valence electrons. The Balaban J connectivity index is 1.32. The van der Waals surface area contributed by atoms with E-state index in [9.17, 15) is 0 Å². The number of anilines is 2. The predicted molar refractivity (Wildman–Crippen MR) is 137 cm³/mol. The smallest absolute Gasteiger partial charge is 0.161 e. The predicted octanol–water partition coefficient (Wildman–Crippen LogP) is 2.55. The average Bonchev–Trinajstić information content (AvgIpc) is 2.80. The minimum absolute atomic E-state index is 0.784. The van der Waals surface area contributed by atoms with E-state index in [2.05, 4.69) is 90.9 Å². The first-order valence-electron chi connectivity index (χ1n) is 11.3. The van der Waals surface area contributed by atoms with E-state index in [0.717, 1.165) is 66.5 Å². The standard InChI is InChI=1S/C23H34IN7/c1-28-10-14-30(15-11-28)9-3-8-25-23-21(24)18-26-22(27-23)19-4-6-20(7-5-19)31-16-12-29(2)13-17-31/h4-7,18H,3,8-17H2,1-2H3,(H,25,26,27). The number of likely N-dealkylation sites (N-methyl/N-ethyl adjacent to an activating group) is 2. The fourth-order valence-corrected chi connectivity index (χ4v) is 4.55. The molecule has 2 fully saturated rings. The Morgan fingerprint density at radius 3 is 2.23 bits per heavy atom. The number of aromatic nitrogens is 2. The summed E-state index contributed by atoms with van der Waals surface area (Å²) in [4.78, 5) is 19.2. The summed E-state index contributed by atoms with van der Waals surface area (Å²) in [5, 5.41) is 3.53. The van der Waals surface area contributed by atoms with Crippen LogP contribution in [-0.4, -0.2) is 104 Å². The van der Waals surface area contributed by atoms with Crippen molar-refractivity contribution >= 4 is 34.1 Å². The summed E-state index contributed by atoms with van der Waals surface area (Å²) in [6, 6.07) is 8.69. The van der Waals surface area contributed by atoms with Crippen molar-refractivity contribution in [2.24, 2.45) is 0 Å². The Morgan fingerprint density at radius 2 is 1.55 bits per heavy atom. The Labute approximate surface area is 200 Å². The Bertz CT molecular complexity index is 828. The first kappa shape index (κ1) is 22.7. The fourth-order valence-electron chi connectivity index (χ4n) is 4.10. The molecule has 2 saturated heterocycles. The van der Waals surface area contributed by atoms with E-state index in [1.54, 1.807) is 0 Å². The van der Waals surface area contributed by atoms with Gasteiger partial charge in [-0.1, -0.05) is 0 Å². The molecule has 1 N–H and O–H groups in total. The highest BCUT2D eigenvalue weighted by Crippen LogP contribution is 2.24. The molecule has 2 aliphatic rings. The third kappa shape index (κ3) is 6.27. The summed E-state index contributed by atoms with van der Waals surface area (Å²) in [6.07, 6.45) is 3.04. The van der Waals surface area contributed by atoms with Crippen LogP contribution in [0, 0.1) is 3.57 Å². The molecule has 4 rings (SSSR count). The second-order valence-electron chi connectivity index (χ2n) is 8.65. The number of nitrogens with one attached hydrogen (secondary N) is 1. The van der Waals surface area contributed by atoms with E-state index >= 15 is 0 Å². The zero-order chi connectivity index (χ0) is 21.6. The van der Waals surface area contributed by atoms with Gasteiger partial charge >= 0.3 is 0 Å². The summed E-state index contributed by atoms with van der Waals surface area (Å²) in [6.45, 7) is 11.2. The van der Waals surface area contributed by atoms with E-state index < -0.39 is 0 Å². The van der Waals surface area contributed by atoms with Crippen molar-refractivity contribution in [2.75, 3.05) is 89.8 Å².